The van der Waals surface area contributed by atoms with Crippen molar-refractivity contribution in [1.82, 2.24) is 9.97 Å². The zero-order chi connectivity index (χ0) is 22.5. The summed E-state index contributed by atoms with van der Waals surface area (Å²) in [5, 5.41) is 10.5. The quantitative estimate of drug-likeness (QED) is 0.593. The van der Waals surface area contributed by atoms with Gasteiger partial charge in [0.15, 0.2) is 0 Å². The molecule has 1 heterocycles. The van der Waals surface area contributed by atoms with Gasteiger partial charge in [0, 0.05) is 17.5 Å². The first-order valence-corrected chi connectivity index (χ1v) is 11.1. The van der Waals surface area contributed by atoms with Gasteiger partial charge >= 0.3 is 6.18 Å². The highest BCUT2D eigenvalue weighted by Crippen LogP contribution is 2.37. The highest BCUT2D eigenvalue weighted by molar-refractivity contribution is 7.84. The molecule has 168 valence electrons. The molecular weight excluding hydrogens is 427 g/mol. The number of rotatable bonds is 4. The van der Waals surface area contributed by atoms with E-state index in [9.17, 15) is 31.3 Å². The largest absolute Gasteiger partial charge is 0.391 e. The van der Waals surface area contributed by atoms with Crippen molar-refractivity contribution in [2.24, 2.45) is 5.92 Å². The van der Waals surface area contributed by atoms with E-state index >= 15 is 0 Å². The van der Waals surface area contributed by atoms with E-state index in [-0.39, 0.29) is 11.4 Å². The maximum atomic E-state index is 12.5. The van der Waals surface area contributed by atoms with Crippen LogP contribution in [0.25, 0.3) is 0 Å². The number of imidazole rings is 1. The molecule has 0 spiro atoms. The third kappa shape index (κ3) is 6.60. The molecule has 30 heavy (non-hydrogen) atoms. The number of nitrogens with one attached hydrogen (secondary N) is 1. The first kappa shape index (κ1) is 24.5. The zero-order valence-electron chi connectivity index (χ0n) is 16.7. The number of nitrogens with zero attached hydrogens (tertiary/aromatic N) is 1. The van der Waals surface area contributed by atoms with E-state index in [1.54, 1.807) is 6.92 Å². The Bertz CT molecular complexity index is 831. The molecule has 3 rings (SSSR count). The summed E-state index contributed by atoms with van der Waals surface area (Å²) in [6.07, 6.45) is -2.86. The van der Waals surface area contributed by atoms with Crippen molar-refractivity contribution in [1.29, 1.82) is 0 Å². The molecule has 0 amide bonds. The minimum absolute atomic E-state index is 0.105. The highest BCUT2D eigenvalue weighted by atomic mass is 32.2. The second kappa shape index (κ2) is 10.5. The van der Waals surface area contributed by atoms with Crippen LogP contribution in [0.2, 0.25) is 0 Å². The van der Waals surface area contributed by atoms with Gasteiger partial charge in [-0.3, -0.25) is 4.21 Å². The fourth-order valence-corrected chi connectivity index (χ4v) is 4.00. The van der Waals surface area contributed by atoms with Crippen LogP contribution in [0.15, 0.2) is 29.3 Å². The summed E-state index contributed by atoms with van der Waals surface area (Å²) in [5.41, 5.74) is 0.951. The van der Waals surface area contributed by atoms with Crippen LogP contribution in [0.1, 0.15) is 67.3 Å². The molecule has 2 atom stereocenters. The third-order valence-corrected chi connectivity index (χ3v) is 5.90. The summed E-state index contributed by atoms with van der Waals surface area (Å²) in [5.74, 6) is -0.751. The standard InChI is InChI=1S/C13H14F2N2O2S.C7H11F3/c1-7-13(20(2)19)17-12(16-7)10(18)8-3-5-9(6-4-8)11(14)15;8-7(9,10)6-4-2-1-3-5-6/h3-6,10-11,18H,1-2H3,(H,16,17);6H,1-5H2. The molecule has 0 bridgehead atoms. The maximum Gasteiger partial charge on any atom is 0.391 e. The van der Waals surface area contributed by atoms with Crippen LogP contribution in [0.3, 0.4) is 0 Å². The van der Waals surface area contributed by atoms with Gasteiger partial charge < -0.3 is 10.1 Å². The van der Waals surface area contributed by atoms with Crippen molar-refractivity contribution in [3.05, 3.63) is 46.9 Å². The molecule has 1 aromatic carbocycles. The number of benzene rings is 1. The van der Waals surface area contributed by atoms with Gasteiger partial charge in [-0.15, -0.1) is 0 Å². The van der Waals surface area contributed by atoms with Gasteiger partial charge in [-0.2, -0.15) is 13.2 Å². The molecular formula is C20H25F5N2O2S. The molecule has 2 unspecified atom stereocenters. The number of aliphatic hydroxyl groups excluding tert-OH is 1. The highest BCUT2D eigenvalue weighted by Gasteiger charge is 2.39. The van der Waals surface area contributed by atoms with E-state index in [4.69, 9.17) is 0 Å². The van der Waals surface area contributed by atoms with Crippen molar-refractivity contribution in [2.75, 3.05) is 6.26 Å². The average molecular weight is 452 g/mol. The fourth-order valence-electron chi connectivity index (χ4n) is 3.29. The number of H-pyrrole nitrogens is 1. The van der Waals surface area contributed by atoms with Crippen LogP contribution < -0.4 is 0 Å². The molecule has 1 saturated carbocycles. The monoisotopic (exact) mass is 452 g/mol. The number of aromatic nitrogens is 2. The van der Waals surface area contributed by atoms with Gasteiger partial charge in [0.05, 0.1) is 16.7 Å². The van der Waals surface area contributed by atoms with Crippen molar-refractivity contribution in [3.8, 4) is 0 Å². The smallest absolute Gasteiger partial charge is 0.380 e. The molecule has 2 N–H and O–H groups in total. The molecule has 1 aromatic heterocycles. The predicted octanol–water partition coefficient (Wildman–Crippen LogP) is 5.60. The van der Waals surface area contributed by atoms with Gasteiger partial charge in [-0.05, 0) is 25.3 Å². The Labute approximate surface area is 174 Å². The first-order chi connectivity index (χ1) is 14.0. The maximum absolute atomic E-state index is 12.5. The molecule has 0 aliphatic heterocycles. The van der Waals surface area contributed by atoms with E-state index in [2.05, 4.69) is 9.97 Å². The Morgan fingerprint density at radius 2 is 1.63 bits per heavy atom. The van der Waals surface area contributed by atoms with Gasteiger partial charge in [-0.1, -0.05) is 43.5 Å². The van der Waals surface area contributed by atoms with Crippen LogP contribution >= 0.6 is 0 Å². The molecule has 4 nitrogen and oxygen atoms in total. The third-order valence-electron chi connectivity index (χ3n) is 4.96. The van der Waals surface area contributed by atoms with E-state index < -0.39 is 35.4 Å². The SMILES string of the molecule is Cc1[nH]c(C(O)c2ccc(C(F)F)cc2)nc1S(C)=O.FC(F)(F)C1CCCCC1. The molecule has 1 aliphatic rings. The first-order valence-electron chi connectivity index (χ1n) is 9.53. The Balaban J connectivity index is 0.000000269. The minimum Gasteiger partial charge on any atom is -0.380 e. The van der Waals surface area contributed by atoms with E-state index in [1.165, 1.54) is 30.5 Å². The van der Waals surface area contributed by atoms with Crippen molar-refractivity contribution in [2.45, 2.75) is 62.8 Å². The summed E-state index contributed by atoms with van der Waals surface area (Å²) in [6.45, 7) is 1.71. The van der Waals surface area contributed by atoms with Crippen molar-refractivity contribution in [3.63, 3.8) is 0 Å². The summed E-state index contributed by atoms with van der Waals surface area (Å²) in [7, 11) is -1.26. The number of hydrogen-bond acceptors (Lipinski definition) is 3. The Morgan fingerprint density at radius 1 is 1.10 bits per heavy atom. The van der Waals surface area contributed by atoms with E-state index in [0.717, 1.165) is 19.3 Å². The topological polar surface area (TPSA) is 66.0 Å². The van der Waals surface area contributed by atoms with Gasteiger partial charge in [0.2, 0.25) is 0 Å². The Kier molecular flexibility index (Phi) is 8.54. The van der Waals surface area contributed by atoms with Crippen LogP contribution in [-0.4, -0.2) is 31.7 Å². The van der Waals surface area contributed by atoms with E-state index in [1.807, 2.05) is 0 Å². The number of aryl methyl sites for hydroxylation is 1. The van der Waals surface area contributed by atoms with E-state index in [0.29, 0.717) is 29.1 Å². The van der Waals surface area contributed by atoms with Crippen molar-refractivity contribution < 1.29 is 31.3 Å². The number of aromatic amines is 1. The summed E-state index contributed by atoms with van der Waals surface area (Å²) < 4.78 is 72.2. The molecule has 0 saturated heterocycles. The second-order valence-corrected chi connectivity index (χ2v) is 8.55. The minimum atomic E-state index is -3.93. The van der Waals surface area contributed by atoms with Crippen LogP contribution in [0.4, 0.5) is 22.0 Å². The van der Waals surface area contributed by atoms with Crippen LogP contribution in [0.5, 0.6) is 0 Å². The summed E-state index contributed by atoms with van der Waals surface area (Å²) in [4.78, 5) is 6.95. The lowest BCUT2D eigenvalue weighted by molar-refractivity contribution is -0.181. The summed E-state index contributed by atoms with van der Waals surface area (Å²) in [6, 6.07) is 5.37. The Morgan fingerprint density at radius 3 is 2.03 bits per heavy atom. The number of hydrogen-bond donors (Lipinski definition) is 2. The van der Waals surface area contributed by atoms with Crippen molar-refractivity contribution >= 4 is 10.8 Å². The molecule has 2 aromatic rings. The fraction of sp³-hybridized carbons (Fsp3) is 0.550. The lowest BCUT2D eigenvalue weighted by Crippen LogP contribution is -2.24. The lowest BCUT2D eigenvalue weighted by atomic mass is 9.89. The molecule has 1 aliphatic carbocycles. The molecule has 1 fully saturated rings. The number of halogens is 5. The van der Waals surface area contributed by atoms with Gasteiger partial charge in [0.25, 0.3) is 6.43 Å². The predicted molar refractivity (Wildman–Crippen MR) is 104 cm³/mol. The molecule has 10 heteroatoms. The Hall–Kier alpha value is -1.81. The zero-order valence-corrected chi connectivity index (χ0v) is 17.5. The summed E-state index contributed by atoms with van der Waals surface area (Å²) >= 11 is 0. The van der Waals surface area contributed by atoms with Gasteiger partial charge in [-0.25, -0.2) is 13.8 Å². The number of alkyl halides is 5. The molecule has 0 radical (unpaired) electrons. The normalized spacial score (nSPS) is 17.4. The van der Waals surface area contributed by atoms with Gasteiger partial charge in [0.1, 0.15) is 17.0 Å². The lowest BCUT2D eigenvalue weighted by Gasteiger charge is -2.23. The number of aliphatic hydroxyl groups is 1. The average Bonchev–Trinajstić information content (AvgIpc) is 3.10. The van der Waals surface area contributed by atoms with Crippen LogP contribution in [0, 0.1) is 12.8 Å². The second-order valence-electron chi connectivity index (χ2n) is 7.25. The van der Waals surface area contributed by atoms with Crippen LogP contribution in [-0.2, 0) is 10.8 Å².